The first kappa shape index (κ1) is 20.5. The number of hydrogen-bond acceptors (Lipinski definition) is 3. The Hall–Kier alpha value is -0.780. The summed E-state index contributed by atoms with van der Waals surface area (Å²) in [5, 5.41) is 3.47. The highest BCUT2D eigenvalue weighted by Crippen LogP contribution is 2.23. The molecule has 0 bridgehead atoms. The molecule has 0 spiro atoms. The Kier molecular flexibility index (Phi) is 7.59. The lowest BCUT2D eigenvalue weighted by Crippen LogP contribution is -2.41. The third-order valence-corrected chi connectivity index (χ3v) is 5.81. The zero-order chi connectivity index (χ0) is 18.4. The number of hydrogen-bond donors (Lipinski definition) is 1. The Balaban J connectivity index is 1.71. The lowest BCUT2D eigenvalue weighted by Gasteiger charge is -2.31. The minimum atomic E-state index is -0.260. The Labute approximate surface area is 159 Å². The predicted molar refractivity (Wildman–Crippen MR) is 105 cm³/mol. The normalized spacial score (nSPS) is 16.8. The van der Waals surface area contributed by atoms with Gasteiger partial charge < -0.3 is 5.32 Å². The molecule has 25 heavy (non-hydrogen) atoms. The summed E-state index contributed by atoms with van der Waals surface area (Å²) in [4.78, 5) is 14.5. The minimum Gasteiger partial charge on any atom is -0.355 e. The smallest absolute Gasteiger partial charge is 0.223 e. The summed E-state index contributed by atoms with van der Waals surface area (Å²) in [5.41, 5.74) is 0.659. The van der Waals surface area contributed by atoms with E-state index >= 15 is 0 Å². The SMILES string of the molecule is CC(C)(C)SCCNC(=O)C1CCN(Cc2ccc(Cl)cc2F)CC1. The van der Waals surface area contributed by atoms with Crippen molar-refractivity contribution >= 4 is 29.3 Å². The van der Waals surface area contributed by atoms with Crippen molar-refractivity contribution in [3.8, 4) is 0 Å². The Morgan fingerprint density at radius 3 is 2.64 bits per heavy atom. The van der Waals surface area contributed by atoms with E-state index in [1.807, 2.05) is 11.8 Å². The van der Waals surface area contributed by atoms with E-state index in [4.69, 9.17) is 11.6 Å². The molecule has 0 atom stereocenters. The van der Waals surface area contributed by atoms with Gasteiger partial charge in [0.25, 0.3) is 0 Å². The first-order valence-corrected chi connectivity index (χ1v) is 10.2. The van der Waals surface area contributed by atoms with Gasteiger partial charge in [0.05, 0.1) is 0 Å². The topological polar surface area (TPSA) is 32.3 Å². The summed E-state index contributed by atoms with van der Waals surface area (Å²) in [7, 11) is 0. The molecule has 1 fully saturated rings. The second kappa shape index (κ2) is 9.24. The van der Waals surface area contributed by atoms with E-state index in [9.17, 15) is 9.18 Å². The fraction of sp³-hybridized carbons (Fsp3) is 0.632. The van der Waals surface area contributed by atoms with Crippen LogP contribution in [-0.4, -0.2) is 40.9 Å². The van der Waals surface area contributed by atoms with Gasteiger partial charge in [-0.2, -0.15) is 11.8 Å². The molecular formula is C19H28ClFN2OS. The molecule has 0 unspecified atom stereocenters. The van der Waals surface area contributed by atoms with Crippen LogP contribution in [0.4, 0.5) is 4.39 Å². The van der Waals surface area contributed by atoms with E-state index in [0.29, 0.717) is 17.1 Å². The Bertz CT molecular complexity index is 583. The van der Waals surface area contributed by atoms with E-state index in [2.05, 4.69) is 31.0 Å². The summed E-state index contributed by atoms with van der Waals surface area (Å²) in [6.45, 7) is 9.46. The van der Waals surface area contributed by atoms with Crippen molar-refractivity contribution < 1.29 is 9.18 Å². The number of rotatable bonds is 6. The van der Waals surface area contributed by atoms with Crippen molar-refractivity contribution in [3.63, 3.8) is 0 Å². The molecule has 1 saturated heterocycles. The number of benzene rings is 1. The van der Waals surface area contributed by atoms with Gasteiger partial charge >= 0.3 is 0 Å². The summed E-state index contributed by atoms with van der Waals surface area (Å²) < 4.78 is 14.1. The Morgan fingerprint density at radius 1 is 1.36 bits per heavy atom. The molecule has 0 saturated carbocycles. The van der Waals surface area contributed by atoms with Gasteiger partial charge in [-0.1, -0.05) is 38.4 Å². The van der Waals surface area contributed by atoms with E-state index < -0.39 is 0 Å². The van der Waals surface area contributed by atoms with Crippen molar-refractivity contribution in [2.75, 3.05) is 25.4 Å². The van der Waals surface area contributed by atoms with E-state index in [1.54, 1.807) is 12.1 Å². The molecule has 1 aromatic rings. The van der Waals surface area contributed by atoms with E-state index in [1.165, 1.54) is 6.07 Å². The summed E-state index contributed by atoms with van der Waals surface area (Å²) >= 11 is 7.65. The average molecular weight is 387 g/mol. The number of carbonyl (C=O) groups excluding carboxylic acids is 1. The maximum absolute atomic E-state index is 13.9. The maximum Gasteiger partial charge on any atom is 0.223 e. The van der Waals surface area contributed by atoms with Gasteiger partial charge in [0.2, 0.25) is 5.91 Å². The third kappa shape index (κ3) is 7.16. The molecule has 140 valence electrons. The molecule has 1 N–H and O–H groups in total. The van der Waals surface area contributed by atoms with Gasteiger partial charge in [0.1, 0.15) is 5.82 Å². The van der Waals surface area contributed by atoms with Crippen molar-refractivity contribution in [1.82, 2.24) is 10.2 Å². The molecule has 0 radical (unpaired) electrons. The fourth-order valence-corrected chi connectivity index (χ4v) is 3.90. The second-order valence-corrected chi connectivity index (χ2v) is 9.90. The van der Waals surface area contributed by atoms with Crippen molar-refractivity contribution in [1.29, 1.82) is 0 Å². The number of nitrogens with zero attached hydrogens (tertiary/aromatic N) is 1. The molecule has 1 aromatic carbocycles. The fourth-order valence-electron chi connectivity index (χ4n) is 2.92. The third-order valence-electron chi connectivity index (χ3n) is 4.30. The van der Waals surface area contributed by atoms with Gasteiger partial charge in [0.15, 0.2) is 0 Å². The number of likely N-dealkylation sites (tertiary alicyclic amines) is 1. The van der Waals surface area contributed by atoms with Gasteiger partial charge in [-0.05, 0) is 38.1 Å². The van der Waals surface area contributed by atoms with Crippen LogP contribution in [0.3, 0.4) is 0 Å². The highest BCUT2D eigenvalue weighted by molar-refractivity contribution is 8.00. The minimum absolute atomic E-state index is 0.0750. The van der Waals surface area contributed by atoms with Gasteiger partial charge in [-0.25, -0.2) is 4.39 Å². The second-order valence-electron chi connectivity index (χ2n) is 7.54. The molecule has 1 aliphatic rings. The number of amides is 1. The molecule has 1 aliphatic heterocycles. The van der Waals surface area contributed by atoms with E-state index in [0.717, 1.165) is 38.2 Å². The number of halogens is 2. The number of thioether (sulfide) groups is 1. The highest BCUT2D eigenvalue weighted by Gasteiger charge is 2.25. The molecule has 3 nitrogen and oxygen atoms in total. The molecule has 6 heteroatoms. The molecule has 0 aliphatic carbocycles. The van der Waals surface area contributed by atoms with Crippen LogP contribution in [0.1, 0.15) is 39.2 Å². The zero-order valence-electron chi connectivity index (χ0n) is 15.3. The first-order valence-electron chi connectivity index (χ1n) is 8.82. The predicted octanol–water partition coefficient (Wildman–Crippen LogP) is 4.34. The van der Waals surface area contributed by atoms with Crippen LogP contribution in [0, 0.1) is 11.7 Å². The van der Waals surface area contributed by atoms with Gasteiger partial charge in [-0.3, -0.25) is 9.69 Å². The first-order chi connectivity index (χ1) is 11.7. The molecule has 1 amide bonds. The van der Waals surface area contributed by atoms with Crippen molar-refractivity contribution in [2.24, 2.45) is 5.92 Å². The molecular weight excluding hydrogens is 359 g/mol. The largest absolute Gasteiger partial charge is 0.355 e. The van der Waals surface area contributed by atoms with Crippen LogP contribution in [0.15, 0.2) is 18.2 Å². The van der Waals surface area contributed by atoms with Crippen LogP contribution in [-0.2, 0) is 11.3 Å². The summed E-state index contributed by atoms with van der Waals surface area (Å²) in [5.74, 6) is 0.908. The lowest BCUT2D eigenvalue weighted by molar-refractivity contribution is -0.126. The summed E-state index contributed by atoms with van der Waals surface area (Å²) in [6, 6.07) is 4.81. The van der Waals surface area contributed by atoms with Gasteiger partial charge in [-0.15, -0.1) is 0 Å². The average Bonchev–Trinajstić information content (AvgIpc) is 2.54. The van der Waals surface area contributed by atoms with Crippen LogP contribution in [0.5, 0.6) is 0 Å². The molecule has 1 heterocycles. The monoisotopic (exact) mass is 386 g/mol. The lowest BCUT2D eigenvalue weighted by atomic mass is 9.95. The standard InChI is InChI=1S/C19H28ClFN2OS/c1-19(2,3)25-11-8-22-18(24)14-6-9-23(10-7-14)13-15-4-5-16(20)12-17(15)21/h4-5,12,14H,6-11,13H2,1-3H3,(H,22,24). The van der Waals surface area contributed by atoms with Crippen LogP contribution in [0.2, 0.25) is 5.02 Å². The highest BCUT2D eigenvalue weighted by atomic mass is 35.5. The van der Waals surface area contributed by atoms with Crippen molar-refractivity contribution in [3.05, 3.63) is 34.6 Å². The number of piperidine rings is 1. The number of carbonyl (C=O) groups is 1. The Morgan fingerprint density at radius 2 is 2.04 bits per heavy atom. The van der Waals surface area contributed by atoms with E-state index in [-0.39, 0.29) is 22.4 Å². The van der Waals surface area contributed by atoms with Crippen LogP contribution in [0.25, 0.3) is 0 Å². The summed E-state index contributed by atoms with van der Waals surface area (Å²) in [6.07, 6.45) is 1.65. The molecule has 2 rings (SSSR count). The zero-order valence-corrected chi connectivity index (χ0v) is 16.9. The molecule has 0 aromatic heterocycles. The quantitative estimate of drug-likeness (QED) is 0.738. The maximum atomic E-state index is 13.9. The van der Waals surface area contributed by atoms with Crippen LogP contribution < -0.4 is 5.32 Å². The van der Waals surface area contributed by atoms with Crippen molar-refractivity contribution in [2.45, 2.75) is 44.9 Å². The van der Waals surface area contributed by atoms with Crippen LogP contribution >= 0.6 is 23.4 Å². The number of nitrogens with one attached hydrogen (secondary N) is 1. The van der Waals surface area contributed by atoms with Gasteiger partial charge in [0, 0.05) is 40.1 Å².